The van der Waals surface area contributed by atoms with Crippen LogP contribution in [0.4, 0.5) is 11.5 Å². The predicted molar refractivity (Wildman–Crippen MR) is 103 cm³/mol. The number of benzene rings is 1. The van der Waals surface area contributed by atoms with E-state index in [9.17, 15) is 8.42 Å². The normalized spacial score (nSPS) is 15.5. The Morgan fingerprint density at radius 1 is 1.00 bits per heavy atom. The Hall–Kier alpha value is -2.72. The molecule has 1 aromatic carbocycles. The van der Waals surface area contributed by atoms with Gasteiger partial charge in [-0.15, -0.1) is 0 Å². The number of hydrogen-bond donors (Lipinski definition) is 1. The SMILES string of the molecule is CCn1cnc2c(N3CCN(c4ccc(S(N)(=O)=O)cc4)CC3)ncnc21. The van der Waals surface area contributed by atoms with Crippen molar-refractivity contribution in [2.24, 2.45) is 5.14 Å². The van der Waals surface area contributed by atoms with Crippen LogP contribution in [0.2, 0.25) is 0 Å². The summed E-state index contributed by atoms with van der Waals surface area (Å²) in [5.41, 5.74) is 2.65. The molecule has 0 radical (unpaired) electrons. The van der Waals surface area contributed by atoms with Crippen molar-refractivity contribution in [3.05, 3.63) is 36.9 Å². The minimum Gasteiger partial charge on any atom is -0.368 e. The lowest BCUT2D eigenvalue weighted by molar-refractivity contribution is 0.597. The van der Waals surface area contributed by atoms with Crippen LogP contribution in [-0.2, 0) is 16.6 Å². The summed E-state index contributed by atoms with van der Waals surface area (Å²) in [5.74, 6) is 0.858. The van der Waals surface area contributed by atoms with Crippen molar-refractivity contribution in [3.63, 3.8) is 0 Å². The number of aryl methyl sites for hydroxylation is 1. The van der Waals surface area contributed by atoms with E-state index in [1.165, 1.54) is 0 Å². The van der Waals surface area contributed by atoms with Gasteiger partial charge in [-0.2, -0.15) is 0 Å². The van der Waals surface area contributed by atoms with Gasteiger partial charge in [-0.3, -0.25) is 0 Å². The molecule has 4 rings (SSSR count). The first-order valence-electron chi connectivity index (χ1n) is 8.76. The highest BCUT2D eigenvalue weighted by Crippen LogP contribution is 2.24. The Morgan fingerprint density at radius 2 is 1.67 bits per heavy atom. The van der Waals surface area contributed by atoms with Crippen LogP contribution in [0.1, 0.15) is 6.92 Å². The molecular formula is C17H21N7O2S. The average molecular weight is 387 g/mol. The molecular weight excluding hydrogens is 366 g/mol. The van der Waals surface area contributed by atoms with Crippen LogP contribution in [0.15, 0.2) is 41.8 Å². The highest BCUT2D eigenvalue weighted by atomic mass is 32.2. The average Bonchev–Trinajstić information content (AvgIpc) is 3.11. The summed E-state index contributed by atoms with van der Waals surface area (Å²) in [6, 6.07) is 6.67. The molecule has 0 unspecified atom stereocenters. The Balaban J connectivity index is 1.50. The number of sulfonamides is 1. The smallest absolute Gasteiger partial charge is 0.238 e. The molecule has 0 atom stereocenters. The largest absolute Gasteiger partial charge is 0.368 e. The van der Waals surface area contributed by atoms with Gasteiger partial charge in [0.2, 0.25) is 10.0 Å². The number of piperazine rings is 1. The molecule has 9 nitrogen and oxygen atoms in total. The first-order chi connectivity index (χ1) is 13.0. The van der Waals surface area contributed by atoms with Gasteiger partial charge < -0.3 is 14.4 Å². The zero-order valence-electron chi connectivity index (χ0n) is 15.0. The van der Waals surface area contributed by atoms with Crippen molar-refractivity contribution < 1.29 is 8.42 Å². The van der Waals surface area contributed by atoms with Gasteiger partial charge in [-0.25, -0.2) is 28.5 Å². The monoisotopic (exact) mass is 387 g/mol. The standard InChI is InChI=1S/C17H21N7O2S/c1-2-22-12-21-15-16(22)19-11-20-17(15)24-9-7-23(8-10-24)13-3-5-14(6-4-13)27(18,25)26/h3-6,11-12H,2,7-10H2,1H3,(H2,18,25,26). The summed E-state index contributed by atoms with van der Waals surface area (Å²) >= 11 is 0. The Bertz CT molecular complexity index is 1050. The zero-order chi connectivity index (χ0) is 19.0. The fourth-order valence-electron chi connectivity index (χ4n) is 3.35. The van der Waals surface area contributed by atoms with E-state index in [1.807, 2.05) is 4.57 Å². The summed E-state index contributed by atoms with van der Waals surface area (Å²) in [6.45, 7) is 6.06. The van der Waals surface area contributed by atoms with E-state index in [0.29, 0.717) is 0 Å². The van der Waals surface area contributed by atoms with Crippen LogP contribution >= 0.6 is 0 Å². The lowest BCUT2D eigenvalue weighted by Gasteiger charge is -2.36. The van der Waals surface area contributed by atoms with Gasteiger partial charge in [-0.1, -0.05) is 0 Å². The number of anilines is 2. The van der Waals surface area contributed by atoms with Crippen LogP contribution in [0.3, 0.4) is 0 Å². The number of imidazole rings is 1. The number of hydrogen-bond acceptors (Lipinski definition) is 7. The van der Waals surface area contributed by atoms with E-state index in [-0.39, 0.29) is 4.90 Å². The third-order valence-electron chi connectivity index (χ3n) is 4.83. The molecule has 1 saturated heterocycles. The number of primary sulfonamides is 1. The summed E-state index contributed by atoms with van der Waals surface area (Å²) in [6.07, 6.45) is 3.38. The van der Waals surface area contributed by atoms with E-state index < -0.39 is 10.0 Å². The molecule has 0 aliphatic carbocycles. The molecule has 0 spiro atoms. The van der Waals surface area contributed by atoms with Gasteiger partial charge in [0.05, 0.1) is 11.2 Å². The van der Waals surface area contributed by atoms with Crippen LogP contribution in [0.25, 0.3) is 11.2 Å². The number of nitrogens with zero attached hydrogens (tertiary/aromatic N) is 6. The lowest BCUT2D eigenvalue weighted by Crippen LogP contribution is -2.47. The van der Waals surface area contributed by atoms with Crippen molar-refractivity contribution in [2.75, 3.05) is 36.0 Å². The first-order valence-corrected chi connectivity index (χ1v) is 10.3. The number of fused-ring (bicyclic) bond motifs is 1. The second-order valence-electron chi connectivity index (χ2n) is 6.41. The number of aromatic nitrogens is 4. The van der Waals surface area contributed by atoms with Crippen LogP contribution in [-0.4, -0.2) is 54.1 Å². The van der Waals surface area contributed by atoms with Crippen LogP contribution in [0, 0.1) is 0 Å². The van der Waals surface area contributed by atoms with Gasteiger partial charge in [0.1, 0.15) is 6.33 Å². The molecule has 10 heteroatoms. The van der Waals surface area contributed by atoms with Gasteiger partial charge in [0, 0.05) is 38.4 Å². The molecule has 3 aromatic rings. The van der Waals surface area contributed by atoms with E-state index in [2.05, 4.69) is 31.7 Å². The summed E-state index contributed by atoms with van der Waals surface area (Å²) in [5, 5.41) is 5.16. The molecule has 142 valence electrons. The summed E-state index contributed by atoms with van der Waals surface area (Å²) < 4.78 is 24.8. The maximum atomic E-state index is 11.4. The molecule has 0 amide bonds. The van der Waals surface area contributed by atoms with E-state index in [1.54, 1.807) is 36.9 Å². The second-order valence-corrected chi connectivity index (χ2v) is 7.97. The molecule has 1 aliphatic rings. The molecule has 3 heterocycles. The maximum absolute atomic E-state index is 11.4. The van der Waals surface area contributed by atoms with Crippen LogP contribution < -0.4 is 14.9 Å². The van der Waals surface area contributed by atoms with Gasteiger partial charge >= 0.3 is 0 Å². The van der Waals surface area contributed by atoms with Gasteiger partial charge in [0.25, 0.3) is 0 Å². The fourth-order valence-corrected chi connectivity index (χ4v) is 3.87. The Morgan fingerprint density at radius 3 is 2.30 bits per heavy atom. The van der Waals surface area contributed by atoms with Gasteiger partial charge in [0.15, 0.2) is 17.0 Å². The quantitative estimate of drug-likeness (QED) is 0.705. The van der Waals surface area contributed by atoms with Crippen molar-refractivity contribution in [1.82, 2.24) is 19.5 Å². The van der Waals surface area contributed by atoms with Crippen LogP contribution in [0.5, 0.6) is 0 Å². The minimum absolute atomic E-state index is 0.125. The fraction of sp³-hybridized carbons (Fsp3) is 0.353. The molecule has 1 fully saturated rings. The molecule has 1 aliphatic heterocycles. The van der Waals surface area contributed by atoms with Crippen molar-refractivity contribution in [3.8, 4) is 0 Å². The van der Waals surface area contributed by atoms with E-state index in [4.69, 9.17) is 5.14 Å². The molecule has 0 bridgehead atoms. The Kier molecular flexibility index (Phi) is 4.44. The van der Waals surface area contributed by atoms with Crippen molar-refractivity contribution >= 4 is 32.7 Å². The molecule has 27 heavy (non-hydrogen) atoms. The highest BCUT2D eigenvalue weighted by molar-refractivity contribution is 7.89. The highest BCUT2D eigenvalue weighted by Gasteiger charge is 2.22. The minimum atomic E-state index is -3.67. The van der Waals surface area contributed by atoms with Crippen molar-refractivity contribution in [1.29, 1.82) is 0 Å². The van der Waals surface area contributed by atoms with Crippen molar-refractivity contribution in [2.45, 2.75) is 18.4 Å². The molecule has 2 aromatic heterocycles. The number of nitrogens with two attached hydrogens (primary N) is 1. The summed E-state index contributed by atoms with van der Waals surface area (Å²) in [7, 11) is -3.67. The Labute approximate surface area is 157 Å². The lowest BCUT2D eigenvalue weighted by atomic mass is 10.2. The van der Waals surface area contributed by atoms with E-state index >= 15 is 0 Å². The molecule has 0 saturated carbocycles. The zero-order valence-corrected chi connectivity index (χ0v) is 15.8. The number of rotatable bonds is 4. The maximum Gasteiger partial charge on any atom is 0.238 e. The third-order valence-corrected chi connectivity index (χ3v) is 5.76. The third kappa shape index (κ3) is 3.33. The predicted octanol–water partition coefficient (Wildman–Crippen LogP) is 0.820. The summed E-state index contributed by atoms with van der Waals surface area (Å²) in [4.78, 5) is 17.8. The van der Waals surface area contributed by atoms with E-state index in [0.717, 1.165) is 55.4 Å². The first kappa shape index (κ1) is 17.7. The molecule has 2 N–H and O–H groups in total. The topological polar surface area (TPSA) is 110 Å². The second kappa shape index (κ2) is 6.78. The van der Waals surface area contributed by atoms with Gasteiger partial charge in [-0.05, 0) is 31.2 Å².